The molecule has 1 aromatic carbocycles. The zero-order chi connectivity index (χ0) is 19.3. The van der Waals surface area contributed by atoms with Gasteiger partial charge in [-0.15, -0.1) is 0 Å². The van der Waals surface area contributed by atoms with Crippen LogP contribution in [-0.2, 0) is 11.3 Å². The Morgan fingerprint density at radius 3 is 2.73 bits per heavy atom. The summed E-state index contributed by atoms with van der Waals surface area (Å²) in [4.78, 5) is 20.8. The number of nitrogens with zero attached hydrogens (tertiary/aromatic N) is 3. The first kappa shape index (κ1) is 20.6. The van der Waals surface area contributed by atoms with Gasteiger partial charge in [-0.1, -0.05) is 13.0 Å². The van der Waals surface area contributed by atoms with Crippen molar-refractivity contribution in [3.63, 3.8) is 0 Å². The maximum absolute atomic E-state index is 12.3. The van der Waals surface area contributed by atoms with E-state index in [9.17, 15) is 4.79 Å². The van der Waals surface area contributed by atoms with Gasteiger partial charge in [0, 0.05) is 32.2 Å². The third kappa shape index (κ3) is 5.13. The number of amides is 1. The molecule has 0 spiro atoms. The Morgan fingerprint density at radius 1 is 1.38 bits per heavy atom. The van der Waals surface area contributed by atoms with Crippen molar-refractivity contribution in [2.75, 3.05) is 19.6 Å². The van der Waals surface area contributed by atoms with Gasteiger partial charge >= 0.3 is 6.09 Å². The number of hydrogen-bond acceptors (Lipinski definition) is 5. The molecule has 26 heavy (non-hydrogen) atoms. The molecular formula is C20H29N3O2S. The van der Waals surface area contributed by atoms with Crippen LogP contribution < -0.4 is 0 Å². The Kier molecular flexibility index (Phi) is 7.33. The van der Waals surface area contributed by atoms with Crippen LogP contribution in [0.2, 0.25) is 0 Å². The lowest BCUT2D eigenvalue weighted by atomic mass is 10.0. The van der Waals surface area contributed by atoms with Crippen LogP contribution in [0.25, 0.3) is 0 Å². The highest BCUT2D eigenvalue weighted by Crippen LogP contribution is 2.26. The minimum atomic E-state index is -0.198. The van der Waals surface area contributed by atoms with Gasteiger partial charge in [0.25, 0.3) is 0 Å². The molecule has 1 atom stereocenters. The van der Waals surface area contributed by atoms with Crippen LogP contribution in [0.5, 0.6) is 0 Å². The summed E-state index contributed by atoms with van der Waals surface area (Å²) in [5, 5.41) is 2.47. The van der Waals surface area contributed by atoms with Gasteiger partial charge in [0.1, 0.15) is 0 Å². The molecule has 0 bridgehead atoms. The van der Waals surface area contributed by atoms with Crippen molar-refractivity contribution < 1.29 is 9.53 Å². The summed E-state index contributed by atoms with van der Waals surface area (Å²) >= 11 is 4.76. The van der Waals surface area contributed by atoms with Crippen molar-refractivity contribution in [3.8, 4) is 0 Å². The zero-order valence-electron chi connectivity index (χ0n) is 16.4. The Labute approximate surface area is 162 Å². The fourth-order valence-electron chi connectivity index (χ4n) is 3.41. The summed E-state index contributed by atoms with van der Waals surface area (Å²) in [5.74, 6) is 0. The number of ether oxygens (including phenoxy) is 1. The van der Waals surface area contributed by atoms with E-state index in [1.807, 2.05) is 24.8 Å². The number of thiocarbonyl (C=S) groups is 1. The van der Waals surface area contributed by atoms with E-state index in [1.165, 1.54) is 11.1 Å². The van der Waals surface area contributed by atoms with Gasteiger partial charge in [0.15, 0.2) is 0 Å². The van der Waals surface area contributed by atoms with E-state index in [1.54, 1.807) is 0 Å². The van der Waals surface area contributed by atoms with Gasteiger partial charge in [-0.2, -0.15) is 4.99 Å². The molecule has 1 fully saturated rings. The molecular weight excluding hydrogens is 346 g/mol. The highest BCUT2D eigenvalue weighted by atomic mass is 32.1. The van der Waals surface area contributed by atoms with E-state index in [0.717, 1.165) is 37.3 Å². The molecule has 1 aromatic rings. The largest absolute Gasteiger partial charge is 0.447 e. The highest BCUT2D eigenvalue weighted by Gasteiger charge is 2.30. The smallest absolute Gasteiger partial charge is 0.410 e. The molecule has 1 aliphatic heterocycles. The number of aryl methyl sites for hydroxylation is 1. The lowest BCUT2D eigenvalue weighted by Gasteiger charge is -2.41. The second kappa shape index (κ2) is 9.26. The van der Waals surface area contributed by atoms with Crippen LogP contribution in [0.4, 0.5) is 10.5 Å². The molecule has 0 saturated carbocycles. The summed E-state index contributed by atoms with van der Waals surface area (Å²) < 4.78 is 5.39. The number of aliphatic imine (C=N–C) groups is 1. The van der Waals surface area contributed by atoms with Crippen molar-refractivity contribution in [1.29, 1.82) is 0 Å². The molecule has 5 nitrogen and oxygen atoms in total. The second-order valence-electron chi connectivity index (χ2n) is 7.19. The van der Waals surface area contributed by atoms with Gasteiger partial charge in [0.2, 0.25) is 0 Å². The molecule has 1 aliphatic rings. The average molecular weight is 376 g/mol. The van der Waals surface area contributed by atoms with Crippen molar-refractivity contribution >= 4 is 29.2 Å². The highest BCUT2D eigenvalue weighted by molar-refractivity contribution is 7.78. The Hall–Kier alpha value is -1.75. The molecule has 2 rings (SSSR count). The van der Waals surface area contributed by atoms with E-state index in [4.69, 9.17) is 17.0 Å². The van der Waals surface area contributed by atoms with E-state index in [0.29, 0.717) is 6.54 Å². The third-order valence-electron chi connectivity index (χ3n) is 4.80. The predicted octanol–water partition coefficient (Wildman–Crippen LogP) is 4.48. The molecule has 6 heteroatoms. The molecule has 0 aromatic heterocycles. The quantitative estimate of drug-likeness (QED) is 0.562. The molecule has 0 unspecified atom stereocenters. The Morgan fingerprint density at radius 2 is 2.12 bits per heavy atom. The van der Waals surface area contributed by atoms with E-state index < -0.39 is 0 Å². The SMILES string of the molecule is CC[C@H]1CN(Cc2cc(C)cc(N=C=S)c2C)CCN1C(=O)OC(C)C. The van der Waals surface area contributed by atoms with Crippen LogP contribution in [0.1, 0.15) is 43.9 Å². The molecule has 1 saturated heterocycles. The average Bonchev–Trinajstić information content (AvgIpc) is 2.58. The first-order valence-electron chi connectivity index (χ1n) is 9.23. The number of rotatable bonds is 5. The van der Waals surface area contributed by atoms with Crippen molar-refractivity contribution in [2.24, 2.45) is 4.99 Å². The predicted molar refractivity (Wildman–Crippen MR) is 108 cm³/mol. The monoisotopic (exact) mass is 375 g/mol. The number of carbonyl (C=O) groups excluding carboxylic acids is 1. The van der Waals surface area contributed by atoms with E-state index in [-0.39, 0.29) is 18.2 Å². The van der Waals surface area contributed by atoms with E-state index in [2.05, 4.69) is 41.9 Å². The number of benzene rings is 1. The summed E-state index contributed by atoms with van der Waals surface area (Å²) in [7, 11) is 0. The van der Waals surface area contributed by atoms with Gasteiger partial charge in [-0.3, -0.25) is 4.90 Å². The first-order valence-corrected chi connectivity index (χ1v) is 9.64. The van der Waals surface area contributed by atoms with Gasteiger partial charge in [-0.25, -0.2) is 4.79 Å². The molecule has 1 amide bonds. The lowest BCUT2D eigenvalue weighted by Crippen LogP contribution is -2.55. The van der Waals surface area contributed by atoms with Gasteiger partial charge < -0.3 is 9.64 Å². The number of isothiocyanates is 1. The number of piperazine rings is 1. The standard InChI is InChI=1S/C20H29N3O2S/c1-6-18-12-22(7-8-23(18)20(24)25-14(2)3)11-17-9-15(4)10-19(16(17)5)21-13-26/h9-10,14,18H,6-8,11-12H2,1-5H3/t18-/m0/s1. The van der Waals surface area contributed by atoms with Crippen LogP contribution in [0.3, 0.4) is 0 Å². The summed E-state index contributed by atoms with van der Waals surface area (Å²) in [6.45, 7) is 13.3. The first-order chi connectivity index (χ1) is 12.3. The number of hydrogen-bond donors (Lipinski definition) is 0. The fourth-order valence-corrected chi connectivity index (χ4v) is 3.50. The Bertz CT molecular complexity index is 699. The second-order valence-corrected chi connectivity index (χ2v) is 7.38. The fraction of sp³-hybridized carbons (Fsp3) is 0.600. The minimum Gasteiger partial charge on any atom is -0.447 e. The van der Waals surface area contributed by atoms with Crippen LogP contribution >= 0.6 is 12.2 Å². The molecule has 0 radical (unpaired) electrons. The van der Waals surface area contributed by atoms with Gasteiger partial charge in [-0.05, 0) is 69.1 Å². The maximum Gasteiger partial charge on any atom is 0.410 e. The summed E-state index contributed by atoms with van der Waals surface area (Å²) in [5.41, 5.74) is 4.45. The normalized spacial score (nSPS) is 17.9. The van der Waals surface area contributed by atoms with Crippen LogP contribution in [-0.4, -0.2) is 52.8 Å². The molecule has 0 aliphatic carbocycles. The van der Waals surface area contributed by atoms with Crippen LogP contribution in [0, 0.1) is 13.8 Å². The van der Waals surface area contributed by atoms with Crippen molar-refractivity contribution in [2.45, 2.75) is 59.7 Å². The van der Waals surface area contributed by atoms with Crippen molar-refractivity contribution in [1.82, 2.24) is 9.80 Å². The van der Waals surface area contributed by atoms with Crippen molar-refractivity contribution in [3.05, 3.63) is 28.8 Å². The molecule has 142 valence electrons. The summed E-state index contributed by atoms with van der Waals surface area (Å²) in [6.07, 6.45) is 0.626. The summed E-state index contributed by atoms with van der Waals surface area (Å²) in [6, 6.07) is 4.42. The molecule has 0 N–H and O–H groups in total. The molecule has 1 heterocycles. The number of carbonyl (C=O) groups is 1. The third-order valence-corrected chi connectivity index (χ3v) is 4.89. The zero-order valence-corrected chi connectivity index (χ0v) is 17.2. The maximum atomic E-state index is 12.3. The van der Waals surface area contributed by atoms with Crippen LogP contribution in [0.15, 0.2) is 17.1 Å². The van der Waals surface area contributed by atoms with Gasteiger partial charge in [0.05, 0.1) is 17.0 Å². The minimum absolute atomic E-state index is 0.0897. The van der Waals surface area contributed by atoms with E-state index >= 15 is 0 Å². The lowest BCUT2D eigenvalue weighted by molar-refractivity contribution is 0.0294. The Balaban J connectivity index is 2.11. The topological polar surface area (TPSA) is 45.1 Å².